The highest BCUT2D eigenvalue weighted by atomic mass is 35.5. The molecule has 0 radical (unpaired) electrons. The molecular weight excluding hydrogens is 233 g/mol. The van der Waals surface area contributed by atoms with Gasteiger partial charge in [-0.05, 0) is 46.2 Å². The fraction of sp³-hybridized carbons (Fsp3) is 0.0909. The van der Waals surface area contributed by atoms with Crippen LogP contribution in [0.2, 0.25) is 5.02 Å². The number of halogens is 2. The number of nitrogens with two attached hydrogens (primary N) is 1. The predicted molar refractivity (Wildman–Crippen MR) is 61.8 cm³/mol. The van der Waals surface area contributed by atoms with Gasteiger partial charge < -0.3 is 5.73 Å². The van der Waals surface area contributed by atoms with Crippen molar-refractivity contribution in [3.8, 4) is 0 Å². The lowest BCUT2D eigenvalue weighted by Crippen LogP contribution is -2.11. The third-order valence-electron chi connectivity index (χ3n) is 2.15. The third kappa shape index (κ3) is 2.37. The normalized spacial score (nSPS) is 12.7. The summed E-state index contributed by atoms with van der Waals surface area (Å²) in [4.78, 5) is 0. The third-order valence-corrected chi connectivity index (χ3v) is 3.07. The first kappa shape index (κ1) is 10.6. The van der Waals surface area contributed by atoms with Crippen LogP contribution in [0.5, 0.6) is 0 Å². The zero-order valence-electron chi connectivity index (χ0n) is 7.78. The summed E-state index contributed by atoms with van der Waals surface area (Å²) >= 11 is 7.33. The molecule has 0 fully saturated rings. The van der Waals surface area contributed by atoms with E-state index < -0.39 is 0 Å². The van der Waals surface area contributed by atoms with Crippen LogP contribution in [0, 0.1) is 5.82 Å². The van der Waals surface area contributed by atoms with E-state index in [9.17, 15) is 4.39 Å². The highest BCUT2D eigenvalue weighted by molar-refractivity contribution is 7.08. The van der Waals surface area contributed by atoms with Gasteiger partial charge in [-0.15, -0.1) is 0 Å². The van der Waals surface area contributed by atoms with Crippen molar-refractivity contribution >= 4 is 22.9 Å². The zero-order valence-corrected chi connectivity index (χ0v) is 9.36. The van der Waals surface area contributed by atoms with Crippen LogP contribution in [0.15, 0.2) is 35.0 Å². The molecule has 0 unspecified atom stereocenters. The fourth-order valence-corrected chi connectivity index (χ4v) is 2.33. The standard InChI is InChI=1S/C11H9ClFNS/c12-9-3-8(4-10(13)5-9)11(14)7-1-2-15-6-7/h1-6,11H,14H2/t11-/m1/s1. The molecule has 2 N–H and O–H groups in total. The lowest BCUT2D eigenvalue weighted by Gasteiger charge is -2.10. The topological polar surface area (TPSA) is 26.0 Å². The van der Waals surface area contributed by atoms with Crippen LogP contribution >= 0.6 is 22.9 Å². The Labute approximate surface area is 96.3 Å². The molecule has 1 heterocycles. The van der Waals surface area contributed by atoms with Crippen LogP contribution in [0.25, 0.3) is 0 Å². The molecule has 0 bridgehead atoms. The molecule has 4 heteroatoms. The molecule has 2 aromatic rings. The minimum absolute atomic E-state index is 0.315. The van der Waals surface area contributed by atoms with Gasteiger partial charge in [0.05, 0.1) is 6.04 Å². The Morgan fingerprint density at radius 3 is 2.67 bits per heavy atom. The van der Waals surface area contributed by atoms with Gasteiger partial charge in [0.15, 0.2) is 0 Å². The summed E-state index contributed by atoms with van der Waals surface area (Å²) in [6.45, 7) is 0. The van der Waals surface area contributed by atoms with Crippen molar-refractivity contribution in [3.63, 3.8) is 0 Å². The molecule has 15 heavy (non-hydrogen) atoms. The number of benzene rings is 1. The van der Waals surface area contributed by atoms with E-state index in [2.05, 4.69) is 0 Å². The molecule has 1 aromatic carbocycles. The van der Waals surface area contributed by atoms with Crippen LogP contribution in [-0.2, 0) is 0 Å². The highest BCUT2D eigenvalue weighted by Gasteiger charge is 2.10. The van der Waals surface area contributed by atoms with E-state index in [1.165, 1.54) is 12.1 Å². The van der Waals surface area contributed by atoms with E-state index in [-0.39, 0.29) is 11.9 Å². The van der Waals surface area contributed by atoms with E-state index in [0.29, 0.717) is 10.6 Å². The van der Waals surface area contributed by atoms with Gasteiger partial charge in [-0.3, -0.25) is 0 Å². The average Bonchev–Trinajstić information content (AvgIpc) is 2.67. The van der Waals surface area contributed by atoms with Crippen LogP contribution in [0.4, 0.5) is 4.39 Å². The average molecular weight is 242 g/mol. The Bertz CT molecular complexity index is 435. The molecule has 0 aliphatic rings. The van der Waals surface area contributed by atoms with Gasteiger partial charge in [0.2, 0.25) is 0 Å². The van der Waals surface area contributed by atoms with Crippen LogP contribution in [-0.4, -0.2) is 0 Å². The number of hydrogen-bond acceptors (Lipinski definition) is 2. The first-order valence-corrected chi connectivity index (χ1v) is 5.72. The summed E-state index contributed by atoms with van der Waals surface area (Å²) in [7, 11) is 0. The highest BCUT2D eigenvalue weighted by Crippen LogP contribution is 2.24. The Hall–Kier alpha value is -0.900. The Balaban J connectivity index is 2.37. The van der Waals surface area contributed by atoms with Crippen molar-refractivity contribution < 1.29 is 4.39 Å². The van der Waals surface area contributed by atoms with Gasteiger partial charge in [0.25, 0.3) is 0 Å². The lowest BCUT2D eigenvalue weighted by atomic mass is 10.0. The molecular formula is C11H9ClFNS. The van der Waals surface area contributed by atoms with Crippen LogP contribution < -0.4 is 5.73 Å². The van der Waals surface area contributed by atoms with Crippen molar-refractivity contribution in [2.45, 2.75) is 6.04 Å². The summed E-state index contributed by atoms with van der Waals surface area (Å²) in [6.07, 6.45) is 0. The first-order chi connectivity index (χ1) is 7.16. The van der Waals surface area contributed by atoms with E-state index in [1.54, 1.807) is 17.4 Å². The van der Waals surface area contributed by atoms with Crippen LogP contribution in [0.1, 0.15) is 17.2 Å². The Kier molecular flexibility index (Phi) is 3.05. The summed E-state index contributed by atoms with van der Waals surface area (Å²) in [5.74, 6) is -0.358. The monoisotopic (exact) mass is 241 g/mol. The molecule has 0 saturated carbocycles. The van der Waals surface area contributed by atoms with Crippen LogP contribution in [0.3, 0.4) is 0 Å². The molecule has 0 aliphatic heterocycles. The van der Waals surface area contributed by atoms with Crippen molar-refractivity contribution in [2.75, 3.05) is 0 Å². The maximum atomic E-state index is 13.1. The second-order valence-corrected chi connectivity index (χ2v) is 4.45. The summed E-state index contributed by atoms with van der Waals surface area (Å²) in [6, 6.07) is 5.98. The van der Waals surface area contributed by atoms with Crippen molar-refractivity contribution in [2.24, 2.45) is 5.73 Å². The Morgan fingerprint density at radius 1 is 1.27 bits per heavy atom. The maximum absolute atomic E-state index is 13.1. The first-order valence-electron chi connectivity index (χ1n) is 4.40. The predicted octanol–water partition coefficient (Wildman–Crippen LogP) is 3.59. The van der Waals surface area contributed by atoms with E-state index in [0.717, 1.165) is 5.56 Å². The maximum Gasteiger partial charge on any atom is 0.125 e. The molecule has 0 saturated heterocycles. The minimum Gasteiger partial charge on any atom is -0.320 e. The molecule has 1 nitrogen and oxygen atoms in total. The number of thiophene rings is 1. The number of rotatable bonds is 2. The fourth-order valence-electron chi connectivity index (χ4n) is 1.40. The smallest absolute Gasteiger partial charge is 0.125 e. The lowest BCUT2D eigenvalue weighted by molar-refractivity contribution is 0.624. The van der Waals surface area contributed by atoms with E-state index in [1.807, 2.05) is 16.8 Å². The zero-order chi connectivity index (χ0) is 10.8. The summed E-state index contributed by atoms with van der Waals surface area (Å²) in [5.41, 5.74) is 7.65. The van der Waals surface area contributed by atoms with Gasteiger partial charge in [-0.2, -0.15) is 11.3 Å². The van der Waals surface area contributed by atoms with Crippen molar-refractivity contribution in [1.29, 1.82) is 0 Å². The van der Waals surface area contributed by atoms with Gasteiger partial charge in [0.1, 0.15) is 5.82 Å². The number of hydrogen-bond donors (Lipinski definition) is 1. The van der Waals surface area contributed by atoms with Gasteiger partial charge in [0, 0.05) is 5.02 Å². The summed E-state index contributed by atoms with van der Waals surface area (Å²) < 4.78 is 13.1. The molecule has 2 rings (SSSR count). The summed E-state index contributed by atoms with van der Waals surface area (Å²) in [5, 5.41) is 4.26. The molecule has 78 valence electrons. The molecule has 0 spiro atoms. The minimum atomic E-state index is -0.358. The van der Waals surface area contributed by atoms with Gasteiger partial charge >= 0.3 is 0 Å². The molecule has 0 amide bonds. The quantitative estimate of drug-likeness (QED) is 0.855. The SMILES string of the molecule is N[C@H](c1ccsc1)c1cc(F)cc(Cl)c1. The Morgan fingerprint density at radius 2 is 2.07 bits per heavy atom. The molecule has 0 aliphatic carbocycles. The second-order valence-electron chi connectivity index (χ2n) is 3.24. The van der Waals surface area contributed by atoms with Crippen molar-refractivity contribution in [3.05, 3.63) is 57.0 Å². The molecule has 1 atom stereocenters. The molecule has 1 aromatic heterocycles. The largest absolute Gasteiger partial charge is 0.320 e. The van der Waals surface area contributed by atoms with E-state index in [4.69, 9.17) is 17.3 Å². The van der Waals surface area contributed by atoms with Crippen molar-refractivity contribution in [1.82, 2.24) is 0 Å². The van der Waals surface area contributed by atoms with E-state index >= 15 is 0 Å². The second kappa shape index (κ2) is 4.31. The van der Waals surface area contributed by atoms with Gasteiger partial charge in [-0.1, -0.05) is 11.6 Å². The van der Waals surface area contributed by atoms with Gasteiger partial charge in [-0.25, -0.2) is 4.39 Å².